The molecule has 7 heteroatoms. The molecule has 3 aromatic rings. The van der Waals surface area contributed by atoms with E-state index in [2.05, 4.69) is 6.07 Å². The number of nitrogens with zero attached hydrogens (tertiary/aromatic N) is 3. The molecule has 0 bridgehead atoms. The van der Waals surface area contributed by atoms with Crippen molar-refractivity contribution < 1.29 is 9.47 Å². The Hall–Kier alpha value is -2.69. The summed E-state index contributed by atoms with van der Waals surface area (Å²) in [6.07, 6.45) is 1.57. The first-order chi connectivity index (χ1) is 13.2. The topological polar surface area (TPSA) is 77.1 Å². The van der Waals surface area contributed by atoms with Crippen LogP contribution in [0.15, 0.2) is 34.4 Å². The first kappa shape index (κ1) is 19.1. The van der Waals surface area contributed by atoms with E-state index in [0.29, 0.717) is 43.6 Å². The average Bonchev–Trinajstić information content (AvgIpc) is 3.12. The molecule has 0 saturated carbocycles. The molecular weight excluding hydrogens is 362 g/mol. The monoisotopic (exact) mass is 383 g/mol. The maximum absolute atomic E-state index is 13.3. The van der Waals surface area contributed by atoms with Crippen molar-refractivity contribution in [3.05, 3.63) is 45.8 Å². The fourth-order valence-electron chi connectivity index (χ4n) is 3.00. The van der Waals surface area contributed by atoms with E-state index in [0.717, 1.165) is 21.7 Å². The van der Waals surface area contributed by atoms with E-state index in [1.165, 1.54) is 11.3 Å². The highest BCUT2D eigenvalue weighted by Crippen LogP contribution is 2.32. The number of nitriles is 1. The summed E-state index contributed by atoms with van der Waals surface area (Å²) in [5, 5.41) is 11.4. The zero-order valence-corrected chi connectivity index (χ0v) is 16.2. The normalized spacial score (nSPS) is 10.9. The molecule has 0 N–H and O–H groups in total. The van der Waals surface area contributed by atoms with Gasteiger partial charge in [0.05, 0.1) is 25.2 Å². The van der Waals surface area contributed by atoms with Crippen LogP contribution in [0.4, 0.5) is 0 Å². The number of ether oxygens (including phenoxy) is 2. The molecule has 0 aliphatic heterocycles. The van der Waals surface area contributed by atoms with Gasteiger partial charge in [0.15, 0.2) is 0 Å². The van der Waals surface area contributed by atoms with Crippen molar-refractivity contribution >= 4 is 21.6 Å². The molecule has 0 aliphatic rings. The zero-order valence-electron chi connectivity index (χ0n) is 15.4. The van der Waals surface area contributed by atoms with Crippen LogP contribution in [0.1, 0.15) is 18.7 Å². The van der Waals surface area contributed by atoms with Crippen molar-refractivity contribution in [2.24, 2.45) is 0 Å². The second-order valence-electron chi connectivity index (χ2n) is 6.05. The third kappa shape index (κ3) is 4.02. The fraction of sp³-hybridized carbons (Fsp3) is 0.350. The van der Waals surface area contributed by atoms with Gasteiger partial charge in [-0.3, -0.25) is 9.36 Å². The SMILES string of the molecule is COCCc1nc2scc(-c3cccc(OC)c3)c2c(=O)n1CCCC#N. The summed E-state index contributed by atoms with van der Waals surface area (Å²) in [6.45, 7) is 0.964. The van der Waals surface area contributed by atoms with Gasteiger partial charge in [0.25, 0.3) is 5.56 Å². The Kier molecular flexibility index (Phi) is 6.22. The van der Waals surface area contributed by atoms with E-state index < -0.39 is 0 Å². The number of unbranched alkanes of at least 4 members (excludes halogenated alkanes) is 1. The average molecular weight is 383 g/mol. The Morgan fingerprint density at radius 3 is 2.93 bits per heavy atom. The molecule has 1 aromatic carbocycles. The Morgan fingerprint density at radius 2 is 2.19 bits per heavy atom. The number of hydrogen-bond donors (Lipinski definition) is 0. The molecular formula is C20H21N3O3S. The summed E-state index contributed by atoms with van der Waals surface area (Å²) >= 11 is 1.46. The molecule has 0 amide bonds. The predicted molar refractivity (Wildman–Crippen MR) is 106 cm³/mol. The van der Waals surface area contributed by atoms with Crippen LogP contribution in [0.5, 0.6) is 5.75 Å². The van der Waals surface area contributed by atoms with Gasteiger partial charge in [-0.25, -0.2) is 4.98 Å². The van der Waals surface area contributed by atoms with Gasteiger partial charge in [0, 0.05) is 37.4 Å². The van der Waals surface area contributed by atoms with Gasteiger partial charge in [0.1, 0.15) is 16.4 Å². The lowest BCUT2D eigenvalue weighted by Gasteiger charge is -2.12. The molecule has 0 aliphatic carbocycles. The number of fused-ring (bicyclic) bond motifs is 1. The molecule has 0 spiro atoms. The smallest absolute Gasteiger partial charge is 0.262 e. The lowest BCUT2D eigenvalue weighted by molar-refractivity contribution is 0.199. The van der Waals surface area contributed by atoms with E-state index in [1.54, 1.807) is 18.8 Å². The highest BCUT2D eigenvalue weighted by Gasteiger charge is 2.17. The van der Waals surface area contributed by atoms with Crippen LogP contribution in [0.25, 0.3) is 21.3 Å². The maximum atomic E-state index is 13.3. The number of rotatable bonds is 8. The van der Waals surface area contributed by atoms with Gasteiger partial charge in [-0.05, 0) is 24.1 Å². The van der Waals surface area contributed by atoms with Crippen LogP contribution in [-0.2, 0) is 17.7 Å². The number of aromatic nitrogens is 2. The minimum Gasteiger partial charge on any atom is -0.497 e. The van der Waals surface area contributed by atoms with Crippen molar-refractivity contribution in [2.75, 3.05) is 20.8 Å². The van der Waals surface area contributed by atoms with Crippen LogP contribution in [0.2, 0.25) is 0 Å². The van der Waals surface area contributed by atoms with E-state index in [1.807, 2.05) is 29.6 Å². The molecule has 27 heavy (non-hydrogen) atoms. The van der Waals surface area contributed by atoms with Crippen molar-refractivity contribution in [1.82, 2.24) is 9.55 Å². The second kappa shape index (κ2) is 8.80. The molecule has 3 rings (SSSR count). The quantitative estimate of drug-likeness (QED) is 0.555. The van der Waals surface area contributed by atoms with Crippen molar-refractivity contribution in [1.29, 1.82) is 5.26 Å². The Bertz CT molecular complexity index is 1030. The minimum atomic E-state index is -0.0666. The van der Waals surface area contributed by atoms with Crippen LogP contribution < -0.4 is 10.3 Å². The molecule has 0 unspecified atom stereocenters. The largest absolute Gasteiger partial charge is 0.497 e. The molecule has 140 valence electrons. The molecule has 2 aromatic heterocycles. The summed E-state index contributed by atoms with van der Waals surface area (Å²) in [4.78, 5) is 18.7. The third-order valence-electron chi connectivity index (χ3n) is 4.35. The van der Waals surface area contributed by atoms with E-state index in [4.69, 9.17) is 19.7 Å². The number of hydrogen-bond acceptors (Lipinski definition) is 6. The lowest BCUT2D eigenvalue weighted by atomic mass is 10.1. The van der Waals surface area contributed by atoms with Gasteiger partial charge in [-0.15, -0.1) is 11.3 Å². The van der Waals surface area contributed by atoms with Crippen LogP contribution in [0.3, 0.4) is 0 Å². The number of thiophene rings is 1. The van der Waals surface area contributed by atoms with E-state index >= 15 is 0 Å². The van der Waals surface area contributed by atoms with Crippen molar-refractivity contribution in [2.45, 2.75) is 25.8 Å². The van der Waals surface area contributed by atoms with Crippen LogP contribution in [-0.4, -0.2) is 30.4 Å². The zero-order chi connectivity index (χ0) is 19.2. The molecule has 0 atom stereocenters. The van der Waals surface area contributed by atoms with Gasteiger partial charge in [-0.1, -0.05) is 12.1 Å². The highest BCUT2D eigenvalue weighted by molar-refractivity contribution is 7.17. The summed E-state index contributed by atoms with van der Waals surface area (Å²) < 4.78 is 12.2. The van der Waals surface area contributed by atoms with Gasteiger partial charge in [-0.2, -0.15) is 5.26 Å². The molecule has 2 heterocycles. The third-order valence-corrected chi connectivity index (χ3v) is 5.23. The standard InChI is InChI=1S/C20H21N3O3S/c1-25-11-8-17-22-19-18(20(24)23(17)10-4-3-9-21)16(13-27-19)14-6-5-7-15(12-14)26-2/h5-7,12-13H,3-4,8,10-11H2,1-2H3. The molecule has 0 saturated heterocycles. The van der Waals surface area contributed by atoms with Gasteiger partial charge in [0.2, 0.25) is 0 Å². The number of methoxy groups -OCH3 is 2. The van der Waals surface area contributed by atoms with Crippen LogP contribution >= 0.6 is 11.3 Å². The first-order valence-electron chi connectivity index (χ1n) is 8.70. The molecule has 0 fully saturated rings. The van der Waals surface area contributed by atoms with Crippen molar-refractivity contribution in [3.63, 3.8) is 0 Å². The highest BCUT2D eigenvalue weighted by atomic mass is 32.1. The first-order valence-corrected chi connectivity index (χ1v) is 9.58. The van der Waals surface area contributed by atoms with Gasteiger partial charge >= 0.3 is 0 Å². The Morgan fingerprint density at radius 1 is 1.33 bits per heavy atom. The minimum absolute atomic E-state index is 0.0666. The van der Waals surface area contributed by atoms with Crippen molar-refractivity contribution in [3.8, 4) is 22.9 Å². The summed E-state index contributed by atoms with van der Waals surface area (Å²) in [7, 11) is 3.25. The lowest BCUT2D eigenvalue weighted by Crippen LogP contribution is -2.26. The van der Waals surface area contributed by atoms with Crippen LogP contribution in [0, 0.1) is 11.3 Å². The fourth-order valence-corrected chi connectivity index (χ4v) is 3.96. The summed E-state index contributed by atoms with van der Waals surface area (Å²) in [6, 6.07) is 9.79. The predicted octanol–water partition coefficient (Wildman–Crippen LogP) is 3.63. The summed E-state index contributed by atoms with van der Waals surface area (Å²) in [5.74, 6) is 1.44. The van der Waals surface area contributed by atoms with E-state index in [-0.39, 0.29) is 5.56 Å². The molecule has 6 nitrogen and oxygen atoms in total. The maximum Gasteiger partial charge on any atom is 0.262 e. The Labute approximate surface area is 161 Å². The Balaban J connectivity index is 2.14. The molecule has 0 radical (unpaired) electrons. The van der Waals surface area contributed by atoms with E-state index in [9.17, 15) is 4.79 Å². The van der Waals surface area contributed by atoms with Gasteiger partial charge < -0.3 is 9.47 Å². The second-order valence-corrected chi connectivity index (χ2v) is 6.91. The summed E-state index contributed by atoms with van der Waals surface area (Å²) in [5.41, 5.74) is 1.72. The number of benzene rings is 1.